The lowest BCUT2D eigenvalue weighted by Crippen LogP contribution is -2.31. The van der Waals surface area contributed by atoms with Crippen LogP contribution in [0.5, 0.6) is 0 Å². The maximum Gasteiger partial charge on any atom is 0.0576 e. The van der Waals surface area contributed by atoms with E-state index >= 15 is 0 Å². The van der Waals surface area contributed by atoms with E-state index in [0.717, 1.165) is 30.4 Å². The van der Waals surface area contributed by atoms with Crippen molar-refractivity contribution in [1.82, 2.24) is 0 Å². The third-order valence-electron chi connectivity index (χ3n) is 4.06. The van der Waals surface area contributed by atoms with Gasteiger partial charge in [0.2, 0.25) is 0 Å². The van der Waals surface area contributed by atoms with Gasteiger partial charge in [-0.25, -0.2) is 0 Å². The average Bonchev–Trinajstić information content (AvgIpc) is 2.48. The molecule has 2 nitrogen and oxygen atoms in total. The van der Waals surface area contributed by atoms with Gasteiger partial charge in [0.15, 0.2) is 0 Å². The van der Waals surface area contributed by atoms with E-state index in [1.807, 2.05) is 0 Å². The van der Waals surface area contributed by atoms with E-state index in [0.29, 0.717) is 5.41 Å². The molecule has 2 rings (SSSR count). The molecule has 0 aromatic carbocycles. The quantitative estimate of drug-likeness (QED) is 0.452. The highest BCUT2D eigenvalue weighted by atomic mass is 16.4. The molecule has 0 aromatic heterocycles. The molecule has 2 heteroatoms. The maximum atomic E-state index is 8.77. The molecule has 1 N–H and O–H groups in total. The van der Waals surface area contributed by atoms with Crippen LogP contribution in [0.15, 0.2) is 5.16 Å². The Morgan fingerprint density at radius 3 is 2.77 bits per heavy atom. The fraction of sp³-hybridized carbons (Fsp3) is 0.909. The van der Waals surface area contributed by atoms with Crippen molar-refractivity contribution in [2.24, 2.45) is 22.4 Å². The first kappa shape index (κ1) is 9.04. The summed E-state index contributed by atoms with van der Waals surface area (Å²) in [5, 5.41) is 12.2. The van der Waals surface area contributed by atoms with Gasteiger partial charge in [-0.15, -0.1) is 0 Å². The summed E-state index contributed by atoms with van der Waals surface area (Å²) in [4.78, 5) is 0. The van der Waals surface area contributed by atoms with Crippen molar-refractivity contribution < 1.29 is 5.21 Å². The van der Waals surface area contributed by atoms with Crippen LogP contribution in [0, 0.1) is 17.3 Å². The van der Waals surface area contributed by atoms with Crippen LogP contribution < -0.4 is 0 Å². The minimum atomic E-state index is 0.468. The van der Waals surface area contributed by atoms with Crippen LogP contribution in [-0.4, -0.2) is 10.9 Å². The van der Waals surface area contributed by atoms with Crippen molar-refractivity contribution in [3.8, 4) is 0 Å². The number of nitrogens with zero attached hydrogens (tertiary/aromatic N) is 1. The van der Waals surface area contributed by atoms with E-state index in [1.165, 1.54) is 19.3 Å². The fourth-order valence-corrected chi connectivity index (χ4v) is 3.25. The normalized spacial score (nSPS) is 40.6. The summed E-state index contributed by atoms with van der Waals surface area (Å²) in [7, 11) is 0. The molecule has 0 unspecified atom stereocenters. The molecule has 2 saturated carbocycles. The molecule has 0 aromatic rings. The molecule has 0 saturated heterocycles. The van der Waals surface area contributed by atoms with Gasteiger partial charge in [0.05, 0.1) is 5.71 Å². The van der Waals surface area contributed by atoms with E-state index in [-0.39, 0.29) is 0 Å². The molecule has 0 bridgehead atoms. The van der Waals surface area contributed by atoms with E-state index in [1.54, 1.807) is 0 Å². The second-order valence-corrected chi connectivity index (χ2v) is 5.32. The van der Waals surface area contributed by atoms with E-state index in [4.69, 9.17) is 5.21 Å². The molecule has 0 aliphatic heterocycles. The van der Waals surface area contributed by atoms with Crippen LogP contribution >= 0.6 is 0 Å². The Balaban J connectivity index is 2.17. The highest BCUT2D eigenvalue weighted by molar-refractivity contribution is 5.86. The molecule has 0 amide bonds. The smallest absolute Gasteiger partial charge is 0.0576 e. The van der Waals surface area contributed by atoms with Crippen molar-refractivity contribution in [1.29, 1.82) is 0 Å². The van der Waals surface area contributed by atoms with Crippen LogP contribution in [0.2, 0.25) is 0 Å². The summed E-state index contributed by atoms with van der Waals surface area (Å²) in [5.74, 6) is 1.57. The zero-order valence-corrected chi connectivity index (χ0v) is 8.58. The Labute approximate surface area is 80.0 Å². The monoisotopic (exact) mass is 181 g/mol. The summed E-state index contributed by atoms with van der Waals surface area (Å²) in [6.45, 7) is 4.73. The third kappa shape index (κ3) is 1.47. The predicted molar refractivity (Wildman–Crippen MR) is 53.1 cm³/mol. The molecule has 0 heterocycles. The Hall–Kier alpha value is -0.530. The SMILES string of the molecule is CC1(C)CCC[C@H]2C/C(=N/O)C[C@@H]21. The van der Waals surface area contributed by atoms with Crippen molar-refractivity contribution in [3.63, 3.8) is 0 Å². The van der Waals surface area contributed by atoms with Gasteiger partial charge in [0, 0.05) is 0 Å². The molecule has 2 atom stereocenters. The summed E-state index contributed by atoms with van der Waals surface area (Å²) in [6.07, 6.45) is 6.12. The molecule has 2 fully saturated rings. The van der Waals surface area contributed by atoms with Gasteiger partial charge in [-0.05, 0) is 42.9 Å². The summed E-state index contributed by atoms with van der Waals surface area (Å²) >= 11 is 0. The number of hydrogen-bond acceptors (Lipinski definition) is 2. The lowest BCUT2D eigenvalue weighted by Gasteiger charge is -2.40. The van der Waals surface area contributed by atoms with Crippen molar-refractivity contribution in [2.45, 2.75) is 46.0 Å². The van der Waals surface area contributed by atoms with Gasteiger partial charge < -0.3 is 5.21 Å². The lowest BCUT2D eigenvalue weighted by atomic mass is 9.65. The maximum absolute atomic E-state index is 8.77. The molecule has 2 aliphatic rings. The lowest BCUT2D eigenvalue weighted by molar-refractivity contribution is 0.0991. The largest absolute Gasteiger partial charge is 0.411 e. The van der Waals surface area contributed by atoms with Crippen LogP contribution in [0.4, 0.5) is 0 Å². The van der Waals surface area contributed by atoms with Crippen molar-refractivity contribution in [3.05, 3.63) is 0 Å². The van der Waals surface area contributed by atoms with Crippen molar-refractivity contribution in [2.75, 3.05) is 0 Å². The second-order valence-electron chi connectivity index (χ2n) is 5.32. The third-order valence-corrected chi connectivity index (χ3v) is 4.06. The Kier molecular flexibility index (Phi) is 2.09. The first-order chi connectivity index (χ1) is 6.13. The highest BCUT2D eigenvalue weighted by Crippen LogP contribution is 2.50. The van der Waals surface area contributed by atoms with Gasteiger partial charge in [-0.3, -0.25) is 0 Å². The number of hydrogen-bond donors (Lipinski definition) is 1. The zero-order valence-electron chi connectivity index (χ0n) is 8.58. The van der Waals surface area contributed by atoms with Gasteiger partial charge in [0.25, 0.3) is 0 Å². The molecule has 74 valence electrons. The standard InChI is InChI=1S/C11H19NO/c1-11(2)5-3-4-8-6-9(12-13)7-10(8)11/h8,10,13H,3-7H2,1-2H3/b12-9-/t8-,10-/m0/s1. The first-order valence-electron chi connectivity index (χ1n) is 5.33. The molecular weight excluding hydrogens is 162 g/mol. The Bertz CT molecular complexity index is 232. The number of rotatable bonds is 0. The summed E-state index contributed by atoms with van der Waals surface area (Å²) in [6, 6.07) is 0. The number of fused-ring (bicyclic) bond motifs is 1. The van der Waals surface area contributed by atoms with Crippen molar-refractivity contribution >= 4 is 5.71 Å². The minimum Gasteiger partial charge on any atom is -0.411 e. The van der Waals surface area contributed by atoms with Gasteiger partial charge in [0.1, 0.15) is 0 Å². The van der Waals surface area contributed by atoms with Crippen LogP contribution in [0.1, 0.15) is 46.0 Å². The second kappa shape index (κ2) is 3.00. The van der Waals surface area contributed by atoms with Crippen LogP contribution in [-0.2, 0) is 0 Å². The van der Waals surface area contributed by atoms with Gasteiger partial charge >= 0.3 is 0 Å². The highest BCUT2D eigenvalue weighted by Gasteiger charge is 2.43. The van der Waals surface area contributed by atoms with E-state index in [2.05, 4.69) is 19.0 Å². The molecular formula is C11H19NO. The Morgan fingerprint density at radius 2 is 2.15 bits per heavy atom. The van der Waals surface area contributed by atoms with E-state index in [9.17, 15) is 0 Å². The van der Waals surface area contributed by atoms with E-state index < -0.39 is 0 Å². The fourth-order valence-electron chi connectivity index (χ4n) is 3.25. The molecule has 13 heavy (non-hydrogen) atoms. The summed E-state index contributed by atoms with van der Waals surface area (Å²) in [5.41, 5.74) is 1.50. The first-order valence-corrected chi connectivity index (χ1v) is 5.33. The molecule has 0 spiro atoms. The minimum absolute atomic E-state index is 0.468. The number of oxime groups is 1. The zero-order chi connectivity index (χ0) is 9.47. The van der Waals surface area contributed by atoms with Crippen LogP contribution in [0.25, 0.3) is 0 Å². The summed E-state index contributed by atoms with van der Waals surface area (Å²) < 4.78 is 0. The van der Waals surface area contributed by atoms with Crippen LogP contribution in [0.3, 0.4) is 0 Å². The topological polar surface area (TPSA) is 32.6 Å². The predicted octanol–water partition coefficient (Wildman–Crippen LogP) is 3.05. The average molecular weight is 181 g/mol. The van der Waals surface area contributed by atoms with Gasteiger partial charge in [-0.2, -0.15) is 0 Å². The molecule has 2 aliphatic carbocycles. The molecule has 0 radical (unpaired) electrons. The Morgan fingerprint density at radius 1 is 1.38 bits per heavy atom. The van der Waals surface area contributed by atoms with Gasteiger partial charge in [-0.1, -0.05) is 25.4 Å².